The van der Waals surface area contributed by atoms with Crippen molar-refractivity contribution in [1.82, 2.24) is 5.32 Å². The van der Waals surface area contributed by atoms with Crippen molar-refractivity contribution in [2.24, 2.45) is 0 Å². The number of nitro benzene ring substituents is 1. The number of non-ortho nitro benzene ring substituents is 1. The molecule has 0 bridgehead atoms. The second-order valence-corrected chi connectivity index (χ2v) is 4.83. The summed E-state index contributed by atoms with van der Waals surface area (Å²) in [6, 6.07) is 5.92. The van der Waals surface area contributed by atoms with Gasteiger partial charge >= 0.3 is 5.97 Å². The van der Waals surface area contributed by atoms with E-state index in [-0.39, 0.29) is 17.7 Å². The maximum absolute atomic E-state index is 11.7. The fourth-order valence-corrected chi connectivity index (χ4v) is 2.13. The lowest BCUT2D eigenvalue weighted by Crippen LogP contribution is -2.38. The van der Waals surface area contributed by atoms with Gasteiger partial charge in [-0.2, -0.15) is 0 Å². The minimum absolute atomic E-state index is 0.0548. The van der Waals surface area contributed by atoms with Crippen LogP contribution >= 0.6 is 0 Å². The Balaban J connectivity index is 2.88. The van der Waals surface area contributed by atoms with Gasteiger partial charge in [-0.1, -0.05) is 25.5 Å². The first kappa shape index (κ1) is 17.1. The number of ether oxygens (including phenoxy) is 1. The van der Waals surface area contributed by atoms with Crippen LogP contribution in [0.15, 0.2) is 24.3 Å². The Labute approximate surface area is 124 Å². The molecule has 0 saturated carbocycles. The first-order valence-electron chi connectivity index (χ1n) is 7.16. The lowest BCUT2D eigenvalue weighted by atomic mass is 10.0. The SMILES string of the molecule is CCCC(NC(C)C(=O)OCC)c1cccc([N+](=O)[O-])c1. The number of esters is 1. The number of carbonyl (C=O) groups is 1. The molecule has 6 nitrogen and oxygen atoms in total. The molecule has 0 aromatic heterocycles. The smallest absolute Gasteiger partial charge is 0.322 e. The van der Waals surface area contributed by atoms with Crippen molar-refractivity contribution in [2.45, 2.75) is 45.7 Å². The molecule has 0 aliphatic carbocycles. The third-order valence-electron chi connectivity index (χ3n) is 3.15. The Kier molecular flexibility index (Phi) is 6.81. The van der Waals surface area contributed by atoms with Crippen molar-refractivity contribution in [3.05, 3.63) is 39.9 Å². The fraction of sp³-hybridized carbons (Fsp3) is 0.533. The van der Waals surface area contributed by atoms with Gasteiger partial charge in [0.15, 0.2) is 0 Å². The Morgan fingerprint density at radius 3 is 2.71 bits per heavy atom. The van der Waals surface area contributed by atoms with Gasteiger partial charge in [0.25, 0.3) is 5.69 Å². The van der Waals surface area contributed by atoms with Gasteiger partial charge in [-0.15, -0.1) is 0 Å². The second-order valence-electron chi connectivity index (χ2n) is 4.83. The van der Waals surface area contributed by atoms with Crippen LogP contribution in [-0.2, 0) is 9.53 Å². The molecule has 2 unspecified atom stereocenters. The van der Waals surface area contributed by atoms with Gasteiger partial charge in [0.05, 0.1) is 11.5 Å². The molecule has 0 spiro atoms. The monoisotopic (exact) mass is 294 g/mol. The van der Waals surface area contributed by atoms with Crippen molar-refractivity contribution in [3.63, 3.8) is 0 Å². The number of nitrogens with zero attached hydrogens (tertiary/aromatic N) is 1. The Bertz CT molecular complexity index is 490. The van der Waals surface area contributed by atoms with Gasteiger partial charge < -0.3 is 4.74 Å². The van der Waals surface area contributed by atoms with Gasteiger partial charge in [0.1, 0.15) is 6.04 Å². The number of hydrogen-bond acceptors (Lipinski definition) is 5. The summed E-state index contributed by atoms with van der Waals surface area (Å²) in [4.78, 5) is 22.1. The van der Waals surface area contributed by atoms with Crippen LogP contribution in [0, 0.1) is 10.1 Å². The number of carbonyl (C=O) groups excluding carboxylic acids is 1. The first-order valence-corrected chi connectivity index (χ1v) is 7.16. The Morgan fingerprint density at radius 1 is 1.43 bits per heavy atom. The largest absolute Gasteiger partial charge is 0.465 e. The predicted molar refractivity (Wildman–Crippen MR) is 80.0 cm³/mol. The number of hydrogen-bond donors (Lipinski definition) is 1. The molecule has 0 saturated heterocycles. The molecular weight excluding hydrogens is 272 g/mol. The molecule has 0 aliphatic heterocycles. The average molecular weight is 294 g/mol. The lowest BCUT2D eigenvalue weighted by Gasteiger charge is -2.22. The van der Waals surface area contributed by atoms with E-state index < -0.39 is 11.0 Å². The normalized spacial score (nSPS) is 13.5. The fourth-order valence-electron chi connectivity index (χ4n) is 2.13. The maximum Gasteiger partial charge on any atom is 0.322 e. The highest BCUT2D eigenvalue weighted by molar-refractivity contribution is 5.75. The summed E-state index contributed by atoms with van der Waals surface area (Å²) < 4.78 is 4.97. The highest BCUT2D eigenvalue weighted by Crippen LogP contribution is 2.23. The first-order chi connectivity index (χ1) is 9.99. The van der Waals surface area contributed by atoms with Crippen LogP contribution in [0.5, 0.6) is 0 Å². The summed E-state index contributed by atoms with van der Waals surface area (Å²) >= 11 is 0. The van der Waals surface area contributed by atoms with Gasteiger partial charge in [-0.25, -0.2) is 0 Å². The van der Waals surface area contributed by atoms with Crippen LogP contribution in [-0.4, -0.2) is 23.5 Å². The highest BCUT2D eigenvalue weighted by atomic mass is 16.6. The highest BCUT2D eigenvalue weighted by Gasteiger charge is 2.20. The van der Waals surface area contributed by atoms with Crippen LogP contribution in [0.1, 0.15) is 45.2 Å². The second kappa shape index (κ2) is 8.36. The molecule has 1 rings (SSSR count). The van der Waals surface area contributed by atoms with Gasteiger partial charge in [-0.05, 0) is 25.8 Å². The van der Waals surface area contributed by atoms with Crippen molar-refractivity contribution < 1.29 is 14.5 Å². The Morgan fingerprint density at radius 2 is 2.14 bits per heavy atom. The van der Waals surface area contributed by atoms with E-state index in [1.165, 1.54) is 6.07 Å². The minimum atomic E-state index is -0.458. The number of rotatable bonds is 8. The molecule has 0 amide bonds. The van der Waals surface area contributed by atoms with Crippen LogP contribution in [0.4, 0.5) is 5.69 Å². The van der Waals surface area contributed by atoms with E-state index >= 15 is 0 Å². The summed E-state index contributed by atoms with van der Waals surface area (Å²) in [5.74, 6) is -0.316. The van der Waals surface area contributed by atoms with E-state index in [0.29, 0.717) is 6.61 Å². The van der Waals surface area contributed by atoms with Gasteiger partial charge in [0.2, 0.25) is 0 Å². The molecular formula is C15H22N2O4. The summed E-state index contributed by atoms with van der Waals surface area (Å²) in [7, 11) is 0. The lowest BCUT2D eigenvalue weighted by molar-refractivity contribution is -0.384. The molecule has 0 fully saturated rings. The summed E-state index contributed by atoms with van der Waals surface area (Å²) in [5, 5.41) is 14.0. The van der Waals surface area contributed by atoms with E-state index in [0.717, 1.165) is 18.4 Å². The molecule has 1 aromatic rings. The zero-order valence-electron chi connectivity index (χ0n) is 12.7. The van der Waals surface area contributed by atoms with Crippen molar-refractivity contribution in [2.75, 3.05) is 6.61 Å². The maximum atomic E-state index is 11.7. The van der Waals surface area contributed by atoms with E-state index in [9.17, 15) is 14.9 Å². The molecule has 1 aromatic carbocycles. The molecule has 0 radical (unpaired) electrons. The summed E-state index contributed by atoms with van der Waals surface area (Å²) in [6.07, 6.45) is 1.68. The average Bonchev–Trinajstić information content (AvgIpc) is 2.47. The number of nitrogens with one attached hydrogen (secondary N) is 1. The molecule has 0 aliphatic rings. The zero-order valence-corrected chi connectivity index (χ0v) is 12.7. The molecule has 2 atom stereocenters. The van der Waals surface area contributed by atoms with Crippen LogP contribution < -0.4 is 5.32 Å². The third kappa shape index (κ3) is 5.15. The summed E-state index contributed by atoms with van der Waals surface area (Å²) in [6.45, 7) is 5.86. The van der Waals surface area contributed by atoms with Crippen molar-refractivity contribution in [3.8, 4) is 0 Å². The molecule has 1 N–H and O–H groups in total. The van der Waals surface area contributed by atoms with Crippen LogP contribution in [0.2, 0.25) is 0 Å². The van der Waals surface area contributed by atoms with Crippen molar-refractivity contribution in [1.29, 1.82) is 0 Å². The predicted octanol–water partition coefficient (Wildman–Crippen LogP) is 2.98. The molecule has 6 heteroatoms. The molecule has 21 heavy (non-hydrogen) atoms. The quantitative estimate of drug-likeness (QED) is 0.453. The third-order valence-corrected chi connectivity index (χ3v) is 3.15. The van der Waals surface area contributed by atoms with Crippen molar-refractivity contribution >= 4 is 11.7 Å². The van der Waals surface area contributed by atoms with E-state index in [2.05, 4.69) is 5.32 Å². The van der Waals surface area contributed by atoms with E-state index in [4.69, 9.17) is 4.74 Å². The molecule has 116 valence electrons. The van der Waals surface area contributed by atoms with Gasteiger partial charge in [-0.3, -0.25) is 20.2 Å². The van der Waals surface area contributed by atoms with Crippen LogP contribution in [0.3, 0.4) is 0 Å². The number of benzene rings is 1. The molecule has 0 heterocycles. The van der Waals surface area contributed by atoms with E-state index in [1.54, 1.807) is 26.0 Å². The minimum Gasteiger partial charge on any atom is -0.465 e. The number of nitro groups is 1. The summed E-state index contributed by atoms with van der Waals surface area (Å²) in [5.41, 5.74) is 0.862. The van der Waals surface area contributed by atoms with E-state index in [1.807, 2.05) is 13.0 Å². The Hall–Kier alpha value is -1.95. The van der Waals surface area contributed by atoms with Crippen LogP contribution in [0.25, 0.3) is 0 Å². The zero-order chi connectivity index (χ0) is 15.8. The standard InChI is InChI=1S/C15H22N2O4/c1-4-7-14(16-11(3)15(18)21-5-2)12-8-6-9-13(10-12)17(19)20/h6,8-11,14,16H,4-5,7H2,1-3H3. The van der Waals surface area contributed by atoms with Gasteiger partial charge in [0, 0.05) is 18.2 Å². The topological polar surface area (TPSA) is 81.5 Å².